The molecule has 1 aromatic rings. The fourth-order valence-corrected chi connectivity index (χ4v) is 1.78. The molecule has 0 aliphatic rings. The average Bonchev–Trinajstić information content (AvgIpc) is 2.43. The molecule has 2 N–H and O–H groups in total. The molecule has 1 rings (SSSR count). The second kappa shape index (κ2) is 7.67. The molecule has 21 heavy (non-hydrogen) atoms. The van der Waals surface area contributed by atoms with Crippen molar-refractivity contribution in [2.75, 3.05) is 6.61 Å². The van der Waals surface area contributed by atoms with Gasteiger partial charge in [-0.15, -0.1) is 0 Å². The summed E-state index contributed by atoms with van der Waals surface area (Å²) in [6.07, 6.45) is 0.280. The molecule has 2 amide bonds. The van der Waals surface area contributed by atoms with Gasteiger partial charge in [-0.25, -0.2) is 10.2 Å². The van der Waals surface area contributed by atoms with Crippen molar-refractivity contribution < 1.29 is 14.3 Å². The van der Waals surface area contributed by atoms with E-state index in [4.69, 9.17) is 0 Å². The van der Waals surface area contributed by atoms with Crippen LogP contribution in [0.1, 0.15) is 45.2 Å². The van der Waals surface area contributed by atoms with Gasteiger partial charge in [-0.2, -0.15) is 0 Å². The van der Waals surface area contributed by atoms with Gasteiger partial charge < -0.3 is 4.74 Å². The normalized spacial score (nSPS) is 10.9. The first-order valence-corrected chi connectivity index (χ1v) is 7.14. The summed E-state index contributed by atoms with van der Waals surface area (Å²) in [6.45, 7) is 8.45. The van der Waals surface area contributed by atoms with Crippen molar-refractivity contribution in [3.63, 3.8) is 0 Å². The van der Waals surface area contributed by atoms with Crippen LogP contribution in [0.15, 0.2) is 24.3 Å². The van der Waals surface area contributed by atoms with Crippen LogP contribution in [0.4, 0.5) is 4.79 Å². The zero-order valence-corrected chi connectivity index (χ0v) is 13.2. The molecule has 0 saturated carbocycles. The van der Waals surface area contributed by atoms with E-state index in [1.807, 2.05) is 12.1 Å². The Balaban J connectivity index is 2.38. The lowest BCUT2D eigenvalue weighted by molar-refractivity contribution is -0.121. The monoisotopic (exact) mass is 292 g/mol. The lowest BCUT2D eigenvalue weighted by Gasteiger charge is -2.19. The molecule has 0 aromatic heterocycles. The number of hydrogen-bond donors (Lipinski definition) is 2. The van der Waals surface area contributed by atoms with E-state index < -0.39 is 6.09 Å². The van der Waals surface area contributed by atoms with Crippen molar-refractivity contribution in [3.8, 4) is 0 Å². The van der Waals surface area contributed by atoms with Crippen LogP contribution in [0.5, 0.6) is 0 Å². The molecule has 116 valence electrons. The summed E-state index contributed by atoms with van der Waals surface area (Å²) in [5, 5.41) is 0. The molecule has 0 fully saturated rings. The van der Waals surface area contributed by atoms with Crippen molar-refractivity contribution in [2.24, 2.45) is 0 Å². The van der Waals surface area contributed by atoms with Crippen LogP contribution >= 0.6 is 0 Å². The minimum atomic E-state index is -0.652. The third-order valence-electron chi connectivity index (χ3n) is 3.04. The summed E-state index contributed by atoms with van der Waals surface area (Å²) >= 11 is 0. The number of aryl methyl sites for hydroxylation is 1. The minimum absolute atomic E-state index is 0.124. The van der Waals surface area contributed by atoms with Crippen molar-refractivity contribution in [1.29, 1.82) is 0 Å². The van der Waals surface area contributed by atoms with Gasteiger partial charge in [0.15, 0.2) is 0 Å². The molecule has 0 atom stereocenters. The molecule has 0 spiro atoms. The Bertz CT molecular complexity index is 475. The molecule has 0 saturated heterocycles. The van der Waals surface area contributed by atoms with Gasteiger partial charge in [0.05, 0.1) is 6.61 Å². The van der Waals surface area contributed by atoms with E-state index in [2.05, 4.69) is 48.5 Å². The molecule has 0 aliphatic carbocycles. The number of nitrogens with one attached hydrogen (secondary N) is 2. The summed E-state index contributed by atoms with van der Waals surface area (Å²) < 4.78 is 4.64. The van der Waals surface area contributed by atoms with Crippen molar-refractivity contribution in [1.82, 2.24) is 10.9 Å². The first kappa shape index (κ1) is 17.0. The van der Waals surface area contributed by atoms with Gasteiger partial charge in [-0.1, -0.05) is 45.0 Å². The lowest BCUT2D eigenvalue weighted by atomic mass is 9.86. The Labute approximate surface area is 126 Å². The summed E-state index contributed by atoms with van der Waals surface area (Å²) in [5.41, 5.74) is 6.98. The molecule has 0 heterocycles. The number of carbonyl (C=O) groups is 2. The van der Waals surface area contributed by atoms with Crippen molar-refractivity contribution >= 4 is 12.0 Å². The highest BCUT2D eigenvalue weighted by Crippen LogP contribution is 2.22. The Morgan fingerprint density at radius 3 is 2.24 bits per heavy atom. The number of amides is 2. The van der Waals surface area contributed by atoms with Crippen LogP contribution in [0.2, 0.25) is 0 Å². The number of carbonyl (C=O) groups excluding carboxylic acids is 2. The number of rotatable bonds is 4. The lowest BCUT2D eigenvalue weighted by Crippen LogP contribution is -2.42. The Morgan fingerprint density at radius 2 is 1.71 bits per heavy atom. The van der Waals surface area contributed by atoms with Crippen molar-refractivity contribution in [2.45, 2.75) is 46.0 Å². The van der Waals surface area contributed by atoms with E-state index in [1.165, 1.54) is 5.56 Å². The number of benzene rings is 1. The molecule has 1 aromatic carbocycles. The molecule has 0 unspecified atom stereocenters. The van der Waals surface area contributed by atoms with Crippen molar-refractivity contribution in [3.05, 3.63) is 35.4 Å². The predicted molar refractivity (Wildman–Crippen MR) is 81.8 cm³/mol. The van der Waals surface area contributed by atoms with Gasteiger partial charge in [0.25, 0.3) is 0 Å². The molecular formula is C16H24N2O3. The van der Waals surface area contributed by atoms with Gasteiger partial charge >= 0.3 is 6.09 Å². The summed E-state index contributed by atoms with van der Waals surface area (Å²) in [7, 11) is 0. The third kappa shape index (κ3) is 6.29. The van der Waals surface area contributed by atoms with Crippen LogP contribution in [-0.4, -0.2) is 18.6 Å². The summed E-state index contributed by atoms with van der Waals surface area (Å²) in [6, 6.07) is 8.24. The largest absolute Gasteiger partial charge is 0.449 e. The Hall–Kier alpha value is -2.04. The minimum Gasteiger partial charge on any atom is -0.449 e. The zero-order valence-electron chi connectivity index (χ0n) is 13.2. The SMILES string of the molecule is CCOC(=O)NNC(=O)CCc1ccc(C(C)(C)C)cc1. The number of hydrogen-bond acceptors (Lipinski definition) is 3. The third-order valence-corrected chi connectivity index (χ3v) is 3.04. The molecule has 5 nitrogen and oxygen atoms in total. The second-order valence-electron chi connectivity index (χ2n) is 5.84. The zero-order chi connectivity index (χ0) is 15.9. The smallest absolute Gasteiger partial charge is 0.426 e. The fraction of sp³-hybridized carbons (Fsp3) is 0.500. The highest BCUT2D eigenvalue weighted by molar-refractivity contribution is 5.79. The Kier molecular flexibility index (Phi) is 6.21. The second-order valence-corrected chi connectivity index (χ2v) is 5.84. The summed E-state index contributed by atoms with van der Waals surface area (Å²) in [5.74, 6) is -0.247. The number of ether oxygens (including phenoxy) is 1. The molecule has 0 radical (unpaired) electrons. The fourth-order valence-electron chi connectivity index (χ4n) is 1.78. The van der Waals surface area contributed by atoms with E-state index in [9.17, 15) is 9.59 Å². The Morgan fingerprint density at radius 1 is 1.10 bits per heavy atom. The van der Waals surface area contributed by atoms with Crippen LogP contribution < -0.4 is 10.9 Å². The van der Waals surface area contributed by atoms with Crippen LogP contribution in [0.3, 0.4) is 0 Å². The topological polar surface area (TPSA) is 67.4 Å². The number of hydrazine groups is 1. The molecule has 0 aliphatic heterocycles. The van der Waals surface area contributed by atoms with Gasteiger partial charge in [-0.05, 0) is 29.9 Å². The van der Waals surface area contributed by atoms with E-state index in [0.29, 0.717) is 12.8 Å². The average molecular weight is 292 g/mol. The van der Waals surface area contributed by atoms with Gasteiger partial charge in [-0.3, -0.25) is 10.2 Å². The van der Waals surface area contributed by atoms with Crippen LogP contribution in [0.25, 0.3) is 0 Å². The summed E-state index contributed by atoms with van der Waals surface area (Å²) in [4.78, 5) is 22.6. The molecule has 5 heteroatoms. The van der Waals surface area contributed by atoms with E-state index >= 15 is 0 Å². The van der Waals surface area contributed by atoms with Gasteiger partial charge in [0, 0.05) is 6.42 Å². The highest BCUT2D eigenvalue weighted by Gasteiger charge is 2.13. The van der Waals surface area contributed by atoms with E-state index in [0.717, 1.165) is 5.56 Å². The molecular weight excluding hydrogens is 268 g/mol. The standard InChI is InChI=1S/C16H24N2O3/c1-5-21-15(20)18-17-14(19)11-8-12-6-9-13(10-7-12)16(2,3)4/h6-7,9-10H,5,8,11H2,1-4H3,(H,17,19)(H,18,20). The predicted octanol–water partition coefficient (Wildman–Crippen LogP) is 2.69. The van der Waals surface area contributed by atoms with E-state index in [1.54, 1.807) is 6.92 Å². The van der Waals surface area contributed by atoms with Gasteiger partial charge in [0.2, 0.25) is 5.91 Å². The maximum atomic E-state index is 11.6. The highest BCUT2D eigenvalue weighted by atomic mass is 16.5. The quantitative estimate of drug-likeness (QED) is 0.838. The van der Waals surface area contributed by atoms with Crippen LogP contribution in [0, 0.1) is 0 Å². The maximum Gasteiger partial charge on any atom is 0.426 e. The first-order valence-electron chi connectivity index (χ1n) is 7.14. The first-order chi connectivity index (χ1) is 9.82. The molecule has 0 bridgehead atoms. The van der Waals surface area contributed by atoms with Gasteiger partial charge in [0.1, 0.15) is 0 Å². The van der Waals surface area contributed by atoms with Crippen LogP contribution in [-0.2, 0) is 21.4 Å². The van der Waals surface area contributed by atoms with E-state index in [-0.39, 0.29) is 17.9 Å². The maximum absolute atomic E-state index is 11.6.